The molecule has 25 heavy (non-hydrogen) atoms. The number of rotatable bonds is 15. The van der Waals surface area contributed by atoms with Gasteiger partial charge in [-0.2, -0.15) is 0 Å². The van der Waals surface area contributed by atoms with Gasteiger partial charge in [0.1, 0.15) is 12.4 Å². The minimum absolute atomic E-state index is 0.595. The number of imidazole rings is 1. The molecule has 0 amide bonds. The Labute approximate surface area is 158 Å². The standard InChI is InChI=1S/C23H45N2/c1-6-8-10-11-12-13-14-16-18-24-19-20-25(23(24)21(3)4)22(5)17-15-9-7-2/h19-22H,6-18H2,1-5H3/q+1. The van der Waals surface area contributed by atoms with Crippen molar-refractivity contribution in [2.24, 2.45) is 0 Å². The molecule has 1 aromatic rings. The van der Waals surface area contributed by atoms with Gasteiger partial charge in [-0.05, 0) is 32.6 Å². The van der Waals surface area contributed by atoms with Crippen LogP contribution >= 0.6 is 0 Å². The Balaban J connectivity index is 2.43. The van der Waals surface area contributed by atoms with Gasteiger partial charge >= 0.3 is 0 Å². The molecule has 0 aliphatic carbocycles. The molecule has 0 aliphatic rings. The van der Waals surface area contributed by atoms with Crippen LogP contribution in [-0.4, -0.2) is 4.57 Å². The summed E-state index contributed by atoms with van der Waals surface area (Å²) in [6, 6.07) is 0.628. The van der Waals surface area contributed by atoms with Gasteiger partial charge in [-0.15, -0.1) is 0 Å². The van der Waals surface area contributed by atoms with Crippen molar-refractivity contribution in [1.29, 1.82) is 0 Å². The van der Waals surface area contributed by atoms with Gasteiger partial charge in [0.2, 0.25) is 0 Å². The molecule has 1 unspecified atom stereocenters. The number of nitrogens with zero attached hydrogens (tertiary/aromatic N) is 2. The molecule has 0 aromatic carbocycles. The van der Waals surface area contributed by atoms with E-state index < -0.39 is 0 Å². The van der Waals surface area contributed by atoms with Crippen LogP contribution in [0.15, 0.2) is 12.4 Å². The zero-order chi connectivity index (χ0) is 18.5. The lowest BCUT2D eigenvalue weighted by atomic mass is 10.1. The smallest absolute Gasteiger partial charge is 0.234 e. The molecular weight excluding hydrogens is 304 g/mol. The summed E-state index contributed by atoms with van der Waals surface area (Å²) in [6.07, 6.45) is 21.2. The summed E-state index contributed by atoms with van der Waals surface area (Å²) in [4.78, 5) is 0. The fraction of sp³-hybridized carbons (Fsp3) is 0.870. The molecule has 1 heterocycles. The Hall–Kier alpha value is -0.790. The third kappa shape index (κ3) is 8.42. The summed E-state index contributed by atoms with van der Waals surface area (Å²) in [6.45, 7) is 12.8. The normalized spacial score (nSPS) is 12.9. The maximum absolute atomic E-state index is 2.55. The van der Waals surface area contributed by atoms with Gasteiger partial charge in [0.05, 0.1) is 18.5 Å². The lowest BCUT2D eigenvalue weighted by Gasteiger charge is -2.13. The van der Waals surface area contributed by atoms with E-state index in [4.69, 9.17) is 0 Å². The van der Waals surface area contributed by atoms with Crippen LogP contribution in [0.3, 0.4) is 0 Å². The maximum Gasteiger partial charge on any atom is 0.259 e. The van der Waals surface area contributed by atoms with Crippen molar-refractivity contribution in [3.05, 3.63) is 18.2 Å². The number of aryl methyl sites for hydroxylation is 1. The first-order valence-electron chi connectivity index (χ1n) is 11.2. The highest BCUT2D eigenvalue weighted by atomic mass is 15.2. The fourth-order valence-electron chi connectivity index (χ4n) is 3.89. The monoisotopic (exact) mass is 349 g/mol. The van der Waals surface area contributed by atoms with Crippen LogP contribution < -0.4 is 4.57 Å². The molecule has 0 N–H and O–H groups in total. The van der Waals surface area contributed by atoms with Gasteiger partial charge in [-0.1, -0.05) is 79.1 Å². The predicted octanol–water partition coefficient (Wildman–Crippen LogP) is 7.18. The van der Waals surface area contributed by atoms with Crippen molar-refractivity contribution in [1.82, 2.24) is 4.57 Å². The lowest BCUT2D eigenvalue weighted by Crippen LogP contribution is -2.41. The molecule has 146 valence electrons. The SMILES string of the molecule is CCCCCCCCCCn1cc[n+](C(C)CCCCC)c1C(C)C. The summed E-state index contributed by atoms with van der Waals surface area (Å²) in [7, 11) is 0. The highest BCUT2D eigenvalue weighted by molar-refractivity contribution is 4.90. The molecule has 2 heteroatoms. The van der Waals surface area contributed by atoms with E-state index in [1.807, 2.05) is 0 Å². The molecule has 0 aliphatic heterocycles. The van der Waals surface area contributed by atoms with Crippen molar-refractivity contribution < 1.29 is 4.57 Å². The molecular formula is C23H45N2+. The first kappa shape index (κ1) is 22.3. The van der Waals surface area contributed by atoms with Crippen molar-refractivity contribution in [2.75, 3.05) is 0 Å². The molecule has 0 fully saturated rings. The summed E-state index contributed by atoms with van der Waals surface area (Å²) in [5, 5.41) is 0. The van der Waals surface area contributed by atoms with Crippen LogP contribution in [0.2, 0.25) is 0 Å². The summed E-state index contributed by atoms with van der Waals surface area (Å²) < 4.78 is 5.07. The van der Waals surface area contributed by atoms with Crippen LogP contribution in [0.4, 0.5) is 0 Å². The second-order valence-corrected chi connectivity index (χ2v) is 8.23. The molecule has 0 saturated carbocycles. The Morgan fingerprint density at radius 2 is 1.36 bits per heavy atom. The van der Waals surface area contributed by atoms with E-state index in [1.165, 1.54) is 89.4 Å². The molecule has 0 spiro atoms. The van der Waals surface area contributed by atoms with E-state index in [0.29, 0.717) is 12.0 Å². The van der Waals surface area contributed by atoms with E-state index in [-0.39, 0.29) is 0 Å². The van der Waals surface area contributed by atoms with E-state index in [0.717, 1.165) is 0 Å². The number of hydrogen-bond donors (Lipinski definition) is 0. The van der Waals surface area contributed by atoms with E-state index in [1.54, 1.807) is 0 Å². The summed E-state index contributed by atoms with van der Waals surface area (Å²) >= 11 is 0. The van der Waals surface area contributed by atoms with Gasteiger partial charge in [0, 0.05) is 0 Å². The highest BCUT2D eigenvalue weighted by Gasteiger charge is 2.23. The van der Waals surface area contributed by atoms with Crippen LogP contribution in [0.5, 0.6) is 0 Å². The van der Waals surface area contributed by atoms with Crippen molar-refractivity contribution in [3.8, 4) is 0 Å². The predicted molar refractivity (Wildman–Crippen MR) is 110 cm³/mol. The topological polar surface area (TPSA) is 8.81 Å². The largest absolute Gasteiger partial charge is 0.259 e. The van der Waals surface area contributed by atoms with Crippen molar-refractivity contribution in [2.45, 2.75) is 130 Å². The molecule has 1 aromatic heterocycles. The maximum atomic E-state index is 2.55. The lowest BCUT2D eigenvalue weighted by molar-refractivity contribution is -0.727. The average Bonchev–Trinajstić information content (AvgIpc) is 3.01. The van der Waals surface area contributed by atoms with Crippen molar-refractivity contribution in [3.63, 3.8) is 0 Å². The Bertz CT molecular complexity index is 433. The zero-order valence-electron chi connectivity index (χ0n) is 17.9. The van der Waals surface area contributed by atoms with Gasteiger partial charge in [-0.25, -0.2) is 9.13 Å². The third-order valence-corrected chi connectivity index (χ3v) is 5.44. The van der Waals surface area contributed by atoms with Gasteiger partial charge < -0.3 is 0 Å². The van der Waals surface area contributed by atoms with Crippen LogP contribution in [0.1, 0.15) is 129 Å². The van der Waals surface area contributed by atoms with E-state index in [9.17, 15) is 0 Å². The number of unbranched alkanes of at least 4 members (excludes halogenated alkanes) is 9. The molecule has 0 bridgehead atoms. The van der Waals surface area contributed by atoms with Gasteiger partial charge in [0.15, 0.2) is 0 Å². The van der Waals surface area contributed by atoms with E-state index >= 15 is 0 Å². The van der Waals surface area contributed by atoms with E-state index in [2.05, 4.69) is 56.1 Å². The van der Waals surface area contributed by atoms with Gasteiger partial charge in [0.25, 0.3) is 5.82 Å². The fourth-order valence-corrected chi connectivity index (χ4v) is 3.89. The van der Waals surface area contributed by atoms with Crippen molar-refractivity contribution >= 4 is 0 Å². The van der Waals surface area contributed by atoms with Gasteiger partial charge in [-0.3, -0.25) is 0 Å². The highest BCUT2D eigenvalue weighted by Crippen LogP contribution is 2.17. The third-order valence-electron chi connectivity index (χ3n) is 5.44. The number of aromatic nitrogens is 2. The second kappa shape index (κ2) is 13.4. The molecule has 1 atom stereocenters. The Kier molecular flexibility index (Phi) is 11.9. The molecule has 0 saturated heterocycles. The molecule has 0 radical (unpaired) electrons. The van der Waals surface area contributed by atoms with Crippen LogP contribution in [0, 0.1) is 0 Å². The summed E-state index contributed by atoms with van der Waals surface area (Å²) in [5.74, 6) is 2.12. The minimum atomic E-state index is 0.595. The van der Waals surface area contributed by atoms with Crippen LogP contribution in [-0.2, 0) is 6.54 Å². The second-order valence-electron chi connectivity index (χ2n) is 8.23. The Morgan fingerprint density at radius 3 is 1.96 bits per heavy atom. The Morgan fingerprint density at radius 1 is 0.800 bits per heavy atom. The zero-order valence-corrected chi connectivity index (χ0v) is 17.9. The quantitative estimate of drug-likeness (QED) is 0.234. The first-order valence-corrected chi connectivity index (χ1v) is 11.2. The van der Waals surface area contributed by atoms with Crippen LogP contribution in [0.25, 0.3) is 0 Å². The first-order chi connectivity index (χ1) is 12.1. The summed E-state index contributed by atoms with van der Waals surface area (Å²) in [5.41, 5.74) is 0. The molecule has 2 nitrogen and oxygen atoms in total. The molecule has 1 rings (SSSR count). The number of hydrogen-bond acceptors (Lipinski definition) is 0. The average molecular weight is 350 g/mol. The minimum Gasteiger partial charge on any atom is -0.234 e.